The van der Waals surface area contributed by atoms with Crippen LogP contribution in [0.3, 0.4) is 0 Å². The van der Waals surface area contributed by atoms with Crippen molar-refractivity contribution in [1.82, 2.24) is 10.3 Å². The molecule has 3 saturated carbocycles. The lowest BCUT2D eigenvalue weighted by Crippen LogP contribution is -2.48. The van der Waals surface area contributed by atoms with Gasteiger partial charge in [-0.25, -0.2) is 4.98 Å². The molecule has 4 rings (SSSR count). The Labute approximate surface area is 119 Å². The van der Waals surface area contributed by atoms with Crippen molar-refractivity contribution in [2.45, 2.75) is 38.1 Å². The minimum absolute atomic E-state index is 0.522. The van der Waals surface area contributed by atoms with Gasteiger partial charge in [0.1, 0.15) is 5.82 Å². The van der Waals surface area contributed by atoms with Gasteiger partial charge in [0.15, 0.2) is 5.11 Å². The van der Waals surface area contributed by atoms with Crippen molar-refractivity contribution >= 4 is 28.8 Å². The summed E-state index contributed by atoms with van der Waals surface area (Å²) >= 11 is 5.38. The van der Waals surface area contributed by atoms with Gasteiger partial charge in [0.05, 0.1) is 11.9 Å². The van der Waals surface area contributed by atoms with Crippen LogP contribution in [0.1, 0.15) is 32.1 Å². The van der Waals surface area contributed by atoms with Crippen LogP contribution >= 0.6 is 12.2 Å². The van der Waals surface area contributed by atoms with Crippen LogP contribution in [0, 0.1) is 11.8 Å². The first kappa shape index (κ1) is 12.7. The summed E-state index contributed by atoms with van der Waals surface area (Å²) in [6, 6.07) is 4.21. The quantitative estimate of drug-likeness (QED) is 0.725. The topological polar surface area (TPSA) is 63.0 Å². The van der Waals surface area contributed by atoms with Crippen LogP contribution in [0.2, 0.25) is 0 Å². The Bertz CT molecular complexity index is 451. The second-order valence-electron chi connectivity index (χ2n) is 5.69. The molecular formula is C14H20N4S. The molecule has 3 aliphatic carbocycles. The molecule has 1 atom stereocenters. The zero-order chi connectivity index (χ0) is 13.2. The lowest BCUT2D eigenvalue weighted by molar-refractivity contribution is 0.136. The van der Waals surface area contributed by atoms with Gasteiger partial charge in [-0.1, -0.05) is 12.8 Å². The van der Waals surface area contributed by atoms with Gasteiger partial charge < -0.3 is 16.4 Å². The molecule has 0 aliphatic heterocycles. The normalized spacial score (nSPS) is 28.9. The molecule has 2 bridgehead atoms. The van der Waals surface area contributed by atoms with E-state index in [9.17, 15) is 0 Å². The molecule has 0 saturated heterocycles. The third-order valence-corrected chi connectivity index (χ3v) is 4.63. The third-order valence-electron chi connectivity index (χ3n) is 4.41. The summed E-state index contributed by atoms with van der Waals surface area (Å²) in [6.07, 6.45) is 8.50. The van der Waals surface area contributed by atoms with Crippen LogP contribution in [0.25, 0.3) is 0 Å². The Morgan fingerprint density at radius 2 is 2.05 bits per heavy atom. The van der Waals surface area contributed by atoms with Crippen LogP contribution < -0.4 is 16.4 Å². The van der Waals surface area contributed by atoms with Crippen LogP contribution in [0.4, 0.5) is 11.5 Å². The summed E-state index contributed by atoms with van der Waals surface area (Å²) in [5.41, 5.74) is 6.44. The van der Waals surface area contributed by atoms with E-state index >= 15 is 0 Å². The van der Waals surface area contributed by atoms with Gasteiger partial charge in [-0.2, -0.15) is 0 Å². The van der Waals surface area contributed by atoms with Crippen molar-refractivity contribution in [2.24, 2.45) is 11.8 Å². The van der Waals surface area contributed by atoms with Crippen molar-refractivity contribution in [1.29, 1.82) is 0 Å². The summed E-state index contributed by atoms with van der Waals surface area (Å²) in [4.78, 5) is 4.05. The number of nitrogen functional groups attached to an aromatic ring is 1. The highest BCUT2D eigenvalue weighted by atomic mass is 32.1. The van der Waals surface area contributed by atoms with E-state index in [1.165, 1.54) is 32.1 Å². The first-order valence-electron chi connectivity index (χ1n) is 7.00. The fourth-order valence-corrected chi connectivity index (χ4v) is 3.64. The number of aromatic nitrogens is 1. The zero-order valence-corrected chi connectivity index (χ0v) is 11.7. The highest BCUT2D eigenvalue weighted by molar-refractivity contribution is 7.80. The maximum atomic E-state index is 5.56. The second-order valence-corrected chi connectivity index (χ2v) is 6.10. The first-order valence-corrected chi connectivity index (χ1v) is 7.40. The van der Waals surface area contributed by atoms with Gasteiger partial charge in [-0.3, -0.25) is 0 Å². The Morgan fingerprint density at radius 1 is 1.26 bits per heavy atom. The van der Waals surface area contributed by atoms with Crippen molar-refractivity contribution in [3.63, 3.8) is 0 Å². The molecular weight excluding hydrogens is 256 g/mol. The maximum Gasteiger partial charge on any atom is 0.171 e. The number of anilines is 2. The zero-order valence-electron chi connectivity index (χ0n) is 10.9. The number of nitrogens with zero attached hydrogens (tertiary/aromatic N) is 1. The number of nitrogens with one attached hydrogen (secondary N) is 2. The monoisotopic (exact) mass is 276 g/mol. The SMILES string of the molecule is Nc1ccc(NC(=S)NC2CC3CCC2CC3)cn1. The van der Waals surface area contributed by atoms with Gasteiger partial charge in [-0.15, -0.1) is 0 Å². The summed E-state index contributed by atoms with van der Waals surface area (Å²) in [5.74, 6) is 2.23. The van der Waals surface area contributed by atoms with Gasteiger partial charge in [-0.05, 0) is 55.4 Å². The van der Waals surface area contributed by atoms with E-state index in [1.54, 1.807) is 12.3 Å². The van der Waals surface area contributed by atoms with E-state index in [1.807, 2.05) is 6.07 Å². The predicted molar refractivity (Wildman–Crippen MR) is 81.9 cm³/mol. The molecule has 0 amide bonds. The van der Waals surface area contributed by atoms with E-state index in [2.05, 4.69) is 15.6 Å². The standard InChI is InChI=1S/C14H20N4S/c15-13-6-5-11(8-16-13)17-14(19)18-12-7-9-1-3-10(12)4-2-9/h5-6,8-10,12H,1-4,7H2,(H2,15,16)(H2,17,18,19). The first-order chi connectivity index (χ1) is 9.20. The van der Waals surface area contributed by atoms with E-state index < -0.39 is 0 Å². The average molecular weight is 276 g/mol. The predicted octanol–water partition coefficient (Wildman–Crippen LogP) is 2.53. The van der Waals surface area contributed by atoms with E-state index in [4.69, 9.17) is 18.0 Å². The fraction of sp³-hybridized carbons (Fsp3) is 0.571. The van der Waals surface area contributed by atoms with Crippen molar-refractivity contribution < 1.29 is 0 Å². The van der Waals surface area contributed by atoms with Crippen LogP contribution in [0.5, 0.6) is 0 Å². The number of hydrogen-bond acceptors (Lipinski definition) is 3. The van der Waals surface area contributed by atoms with E-state index in [0.29, 0.717) is 17.0 Å². The van der Waals surface area contributed by atoms with Gasteiger partial charge in [0.25, 0.3) is 0 Å². The Balaban J connectivity index is 1.55. The summed E-state index contributed by atoms with van der Waals surface area (Å²) in [5, 5.41) is 7.35. The average Bonchev–Trinajstić information content (AvgIpc) is 2.43. The molecule has 5 heteroatoms. The Morgan fingerprint density at radius 3 is 2.63 bits per heavy atom. The number of hydrogen-bond donors (Lipinski definition) is 3. The van der Waals surface area contributed by atoms with Crippen molar-refractivity contribution in [3.05, 3.63) is 18.3 Å². The number of nitrogens with two attached hydrogens (primary N) is 1. The van der Waals surface area contributed by atoms with Gasteiger partial charge in [0.2, 0.25) is 0 Å². The molecule has 0 aromatic carbocycles. The second kappa shape index (κ2) is 5.33. The molecule has 19 heavy (non-hydrogen) atoms. The van der Waals surface area contributed by atoms with Gasteiger partial charge in [0, 0.05) is 6.04 Å². The molecule has 3 fully saturated rings. The number of rotatable bonds is 2. The summed E-state index contributed by atoms with van der Waals surface area (Å²) in [6.45, 7) is 0. The molecule has 4 N–H and O–H groups in total. The molecule has 4 nitrogen and oxygen atoms in total. The minimum Gasteiger partial charge on any atom is -0.384 e. The number of pyridine rings is 1. The molecule has 1 heterocycles. The lowest BCUT2D eigenvalue weighted by Gasteiger charge is -2.43. The van der Waals surface area contributed by atoms with E-state index in [0.717, 1.165) is 17.5 Å². The van der Waals surface area contributed by atoms with Gasteiger partial charge >= 0.3 is 0 Å². The van der Waals surface area contributed by atoms with E-state index in [-0.39, 0.29) is 0 Å². The highest BCUT2D eigenvalue weighted by Gasteiger charge is 2.35. The summed E-state index contributed by atoms with van der Waals surface area (Å²) < 4.78 is 0. The third kappa shape index (κ3) is 2.97. The molecule has 1 aromatic rings. The maximum absolute atomic E-state index is 5.56. The van der Waals surface area contributed by atoms with Crippen molar-refractivity contribution in [2.75, 3.05) is 11.1 Å². The molecule has 0 radical (unpaired) electrons. The highest BCUT2D eigenvalue weighted by Crippen LogP contribution is 2.41. The van der Waals surface area contributed by atoms with Crippen LogP contribution in [-0.2, 0) is 0 Å². The molecule has 1 unspecified atom stereocenters. The smallest absolute Gasteiger partial charge is 0.171 e. The largest absolute Gasteiger partial charge is 0.384 e. The number of fused-ring (bicyclic) bond motifs is 3. The van der Waals surface area contributed by atoms with Crippen molar-refractivity contribution in [3.8, 4) is 0 Å². The van der Waals surface area contributed by atoms with Crippen LogP contribution in [0.15, 0.2) is 18.3 Å². The minimum atomic E-state index is 0.522. The molecule has 102 valence electrons. The number of thiocarbonyl (C=S) groups is 1. The van der Waals surface area contributed by atoms with Crippen LogP contribution in [-0.4, -0.2) is 16.1 Å². The molecule has 0 spiro atoms. The molecule has 1 aromatic heterocycles. The molecule has 3 aliphatic rings. The fourth-order valence-electron chi connectivity index (χ4n) is 3.37. The lowest BCUT2D eigenvalue weighted by atomic mass is 9.68. The Hall–Kier alpha value is -1.36. The Kier molecular flexibility index (Phi) is 3.55. The summed E-state index contributed by atoms with van der Waals surface area (Å²) in [7, 11) is 0.